The molecule has 18 heavy (non-hydrogen) atoms. The molecule has 0 amide bonds. The van der Waals surface area contributed by atoms with Gasteiger partial charge in [-0.25, -0.2) is 0 Å². The van der Waals surface area contributed by atoms with E-state index in [1.807, 2.05) is 23.5 Å². The van der Waals surface area contributed by atoms with Crippen LogP contribution in [0.3, 0.4) is 0 Å². The standard InChI is InChI=1S/C14H24N2S2/c1-5-18-14-8-6-7-13(12(14)9-15)16(3)11(2)10-17-4/h6-8,11H,5,9-10,15H2,1-4H3. The van der Waals surface area contributed by atoms with E-state index in [0.717, 1.165) is 11.5 Å². The monoisotopic (exact) mass is 284 g/mol. The summed E-state index contributed by atoms with van der Waals surface area (Å²) in [5.41, 5.74) is 8.50. The van der Waals surface area contributed by atoms with Gasteiger partial charge in [0.25, 0.3) is 0 Å². The summed E-state index contributed by atoms with van der Waals surface area (Å²) in [4.78, 5) is 3.67. The van der Waals surface area contributed by atoms with E-state index in [0.29, 0.717) is 12.6 Å². The van der Waals surface area contributed by atoms with Crippen LogP contribution in [0.4, 0.5) is 5.69 Å². The van der Waals surface area contributed by atoms with Crippen molar-refractivity contribution in [1.82, 2.24) is 0 Å². The Morgan fingerprint density at radius 1 is 1.39 bits per heavy atom. The van der Waals surface area contributed by atoms with Gasteiger partial charge in [0, 0.05) is 41.5 Å². The van der Waals surface area contributed by atoms with Crippen molar-refractivity contribution in [1.29, 1.82) is 0 Å². The molecule has 0 aromatic heterocycles. The maximum absolute atomic E-state index is 5.95. The van der Waals surface area contributed by atoms with E-state index < -0.39 is 0 Å². The highest BCUT2D eigenvalue weighted by Gasteiger charge is 2.14. The molecule has 1 unspecified atom stereocenters. The number of anilines is 1. The number of thioether (sulfide) groups is 2. The fraction of sp³-hybridized carbons (Fsp3) is 0.571. The molecule has 0 saturated heterocycles. The third-order valence-corrected chi connectivity index (χ3v) is 4.86. The molecule has 102 valence electrons. The Bertz CT molecular complexity index is 369. The Kier molecular flexibility index (Phi) is 6.97. The Morgan fingerprint density at radius 2 is 2.11 bits per heavy atom. The van der Waals surface area contributed by atoms with E-state index in [4.69, 9.17) is 5.73 Å². The van der Waals surface area contributed by atoms with Crippen LogP contribution in [0.15, 0.2) is 23.1 Å². The summed E-state index contributed by atoms with van der Waals surface area (Å²) >= 11 is 3.75. The summed E-state index contributed by atoms with van der Waals surface area (Å²) in [6, 6.07) is 7.01. The van der Waals surface area contributed by atoms with Gasteiger partial charge in [0.2, 0.25) is 0 Å². The van der Waals surface area contributed by atoms with E-state index in [-0.39, 0.29) is 0 Å². The van der Waals surface area contributed by atoms with Crippen molar-refractivity contribution >= 4 is 29.2 Å². The SMILES string of the molecule is CCSc1cccc(N(C)C(C)CSC)c1CN. The van der Waals surface area contributed by atoms with Crippen LogP contribution in [-0.2, 0) is 6.54 Å². The number of nitrogens with zero attached hydrogens (tertiary/aromatic N) is 1. The maximum atomic E-state index is 5.95. The van der Waals surface area contributed by atoms with Crippen LogP contribution in [0.2, 0.25) is 0 Å². The smallest absolute Gasteiger partial charge is 0.0423 e. The molecule has 0 spiro atoms. The largest absolute Gasteiger partial charge is 0.371 e. The predicted octanol–water partition coefficient (Wildman–Crippen LogP) is 3.45. The lowest BCUT2D eigenvalue weighted by Gasteiger charge is -2.29. The van der Waals surface area contributed by atoms with Gasteiger partial charge >= 0.3 is 0 Å². The minimum atomic E-state index is 0.521. The van der Waals surface area contributed by atoms with Gasteiger partial charge in [-0.05, 0) is 31.1 Å². The normalized spacial score (nSPS) is 12.5. The summed E-state index contributed by atoms with van der Waals surface area (Å²) in [5.74, 6) is 2.21. The highest BCUT2D eigenvalue weighted by atomic mass is 32.2. The molecule has 0 radical (unpaired) electrons. The summed E-state index contributed by atoms with van der Waals surface area (Å²) in [6.07, 6.45) is 2.15. The van der Waals surface area contributed by atoms with E-state index in [9.17, 15) is 0 Å². The maximum Gasteiger partial charge on any atom is 0.0423 e. The van der Waals surface area contributed by atoms with E-state index >= 15 is 0 Å². The van der Waals surface area contributed by atoms with Gasteiger partial charge in [0.05, 0.1) is 0 Å². The average molecular weight is 284 g/mol. The third-order valence-electron chi connectivity index (χ3n) is 3.06. The Labute approximate surface area is 120 Å². The zero-order chi connectivity index (χ0) is 13.5. The van der Waals surface area contributed by atoms with Gasteiger partial charge < -0.3 is 10.6 Å². The molecule has 1 aromatic carbocycles. The minimum absolute atomic E-state index is 0.521. The fourth-order valence-corrected chi connectivity index (χ4v) is 3.52. The molecular weight excluding hydrogens is 260 g/mol. The van der Waals surface area contributed by atoms with Crippen molar-refractivity contribution in [3.8, 4) is 0 Å². The van der Waals surface area contributed by atoms with Gasteiger partial charge in [-0.15, -0.1) is 11.8 Å². The van der Waals surface area contributed by atoms with Gasteiger partial charge in [-0.2, -0.15) is 11.8 Å². The molecule has 2 nitrogen and oxygen atoms in total. The summed E-state index contributed by atoms with van der Waals surface area (Å²) < 4.78 is 0. The number of nitrogens with two attached hydrogens (primary N) is 1. The van der Waals surface area contributed by atoms with Gasteiger partial charge in [-0.3, -0.25) is 0 Å². The first-order valence-corrected chi connectivity index (χ1v) is 8.70. The van der Waals surface area contributed by atoms with Crippen molar-refractivity contribution < 1.29 is 0 Å². The molecule has 0 saturated carbocycles. The predicted molar refractivity (Wildman–Crippen MR) is 87.0 cm³/mol. The first-order chi connectivity index (χ1) is 8.65. The van der Waals surface area contributed by atoms with Crippen molar-refractivity contribution in [3.05, 3.63) is 23.8 Å². The molecule has 0 fully saturated rings. The third kappa shape index (κ3) is 3.84. The van der Waals surface area contributed by atoms with Gasteiger partial charge in [0.15, 0.2) is 0 Å². The van der Waals surface area contributed by atoms with Crippen LogP contribution in [0.5, 0.6) is 0 Å². The van der Waals surface area contributed by atoms with Crippen molar-refractivity contribution in [2.24, 2.45) is 5.73 Å². The quantitative estimate of drug-likeness (QED) is 0.777. The van der Waals surface area contributed by atoms with E-state index in [1.54, 1.807) is 0 Å². The number of rotatable bonds is 7. The molecule has 0 aliphatic rings. The van der Waals surface area contributed by atoms with Crippen LogP contribution in [0, 0.1) is 0 Å². The molecule has 1 aromatic rings. The zero-order valence-electron chi connectivity index (χ0n) is 11.8. The molecule has 0 aliphatic heterocycles. The lowest BCUT2D eigenvalue weighted by molar-refractivity contribution is 0.757. The zero-order valence-corrected chi connectivity index (χ0v) is 13.4. The molecule has 1 atom stereocenters. The van der Waals surface area contributed by atoms with E-state index in [2.05, 4.69) is 50.2 Å². The van der Waals surface area contributed by atoms with Crippen LogP contribution in [0.1, 0.15) is 19.4 Å². The van der Waals surface area contributed by atoms with Crippen molar-refractivity contribution in [2.75, 3.05) is 29.7 Å². The minimum Gasteiger partial charge on any atom is -0.371 e. The number of benzene rings is 1. The van der Waals surface area contributed by atoms with Gasteiger partial charge in [0.1, 0.15) is 0 Å². The molecule has 0 bridgehead atoms. The van der Waals surface area contributed by atoms with Crippen LogP contribution in [-0.4, -0.2) is 30.9 Å². The van der Waals surface area contributed by atoms with E-state index in [1.165, 1.54) is 16.1 Å². The second-order valence-corrected chi connectivity index (χ2v) is 6.52. The highest BCUT2D eigenvalue weighted by molar-refractivity contribution is 7.99. The highest BCUT2D eigenvalue weighted by Crippen LogP contribution is 2.31. The molecule has 0 aliphatic carbocycles. The summed E-state index contributed by atoms with van der Waals surface area (Å²) in [7, 11) is 2.16. The Morgan fingerprint density at radius 3 is 2.67 bits per heavy atom. The van der Waals surface area contributed by atoms with Crippen molar-refractivity contribution in [3.63, 3.8) is 0 Å². The number of hydrogen-bond donors (Lipinski definition) is 1. The Hall–Kier alpha value is -0.320. The fourth-order valence-electron chi connectivity index (χ4n) is 1.97. The van der Waals surface area contributed by atoms with Crippen LogP contribution < -0.4 is 10.6 Å². The van der Waals surface area contributed by atoms with Gasteiger partial charge in [-0.1, -0.05) is 13.0 Å². The molecule has 4 heteroatoms. The molecule has 2 N–H and O–H groups in total. The summed E-state index contributed by atoms with van der Waals surface area (Å²) in [5, 5.41) is 0. The lowest BCUT2D eigenvalue weighted by Crippen LogP contribution is -2.32. The number of hydrogen-bond acceptors (Lipinski definition) is 4. The topological polar surface area (TPSA) is 29.3 Å². The first-order valence-electron chi connectivity index (χ1n) is 6.32. The van der Waals surface area contributed by atoms with Crippen molar-refractivity contribution in [2.45, 2.75) is 31.3 Å². The molecular formula is C14H24N2S2. The van der Waals surface area contributed by atoms with Crippen LogP contribution in [0.25, 0.3) is 0 Å². The second kappa shape index (κ2) is 7.97. The average Bonchev–Trinajstić information content (AvgIpc) is 2.38. The molecule has 0 heterocycles. The molecule has 1 rings (SSSR count). The van der Waals surface area contributed by atoms with Crippen LogP contribution >= 0.6 is 23.5 Å². The summed E-state index contributed by atoms with van der Waals surface area (Å²) in [6.45, 7) is 5.04. The lowest BCUT2D eigenvalue weighted by atomic mass is 10.1. The first kappa shape index (κ1) is 15.7. The Balaban J connectivity index is 3.03. The second-order valence-electron chi connectivity index (χ2n) is 4.31.